The van der Waals surface area contributed by atoms with E-state index in [1.54, 1.807) is 11.3 Å². The molecule has 0 N–H and O–H groups in total. The molecule has 0 spiro atoms. The minimum absolute atomic E-state index is 0.341. The van der Waals surface area contributed by atoms with Crippen molar-refractivity contribution in [2.45, 2.75) is 32.2 Å². The Morgan fingerprint density at radius 3 is 2.87 bits per heavy atom. The van der Waals surface area contributed by atoms with E-state index in [9.17, 15) is 0 Å². The minimum atomic E-state index is 0.341. The van der Waals surface area contributed by atoms with Crippen LogP contribution in [-0.4, -0.2) is 53.2 Å². The number of thiazole rings is 1. The summed E-state index contributed by atoms with van der Waals surface area (Å²) in [6.45, 7) is 8.02. The maximum absolute atomic E-state index is 6.04. The SMILES string of the molecule is Cc1csc(CN2C[C@@H]3OCCN(Cc4ccccc4)[C@@H]3C2)n1. The number of benzene rings is 1. The first-order chi connectivity index (χ1) is 11.3. The molecule has 0 unspecified atom stereocenters. The third-order valence-corrected chi connectivity index (χ3v) is 5.70. The Kier molecular flexibility index (Phi) is 4.44. The van der Waals surface area contributed by atoms with Gasteiger partial charge in [0.25, 0.3) is 0 Å². The number of aromatic nitrogens is 1. The summed E-state index contributed by atoms with van der Waals surface area (Å²) in [5.74, 6) is 0. The molecule has 5 heteroatoms. The molecule has 4 nitrogen and oxygen atoms in total. The molecule has 2 fully saturated rings. The number of hydrogen-bond donors (Lipinski definition) is 0. The van der Waals surface area contributed by atoms with Gasteiger partial charge in [0.15, 0.2) is 0 Å². The Hall–Kier alpha value is -1.27. The first-order valence-corrected chi connectivity index (χ1v) is 9.19. The zero-order valence-corrected chi connectivity index (χ0v) is 14.3. The molecular weight excluding hydrogens is 306 g/mol. The molecule has 1 aromatic heterocycles. The van der Waals surface area contributed by atoms with Gasteiger partial charge in [0.1, 0.15) is 5.01 Å². The molecule has 2 aromatic rings. The van der Waals surface area contributed by atoms with E-state index in [1.165, 1.54) is 10.6 Å². The number of fused-ring (bicyclic) bond motifs is 1. The average Bonchev–Trinajstić information content (AvgIpc) is 3.15. The van der Waals surface area contributed by atoms with Crippen LogP contribution in [0.15, 0.2) is 35.7 Å². The Labute approximate surface area is 141 Å². The fourth-order valence-corrected chi connectivity index (χ4v) is 4.46. The van der Waals surface area contributed by atoms with Gasteiger partial charge in [0, 0.05) is 37.3 Å². The van der Waals surface area contributed by atoms with Gasteiger partial charge in [-0.2, -0.15) is 0 Å². The Morgan fingerprint density at radius 2 is 2.09 bits per heavy atom. The number of hydrogen-bond acceptors (Lipinski definition) is 5. The van der Waals surface area contributed by atoms with Crippen LogP contribution in [0.5, 0.6) is 0 Å². The minimum Gasteiger partial charge on any atom is -0.374 e. The van der Waals surface area contributed by atoms with E-state index in [4.69, 9.17) is 4.74 Å². The van der Waals surface area contributed by atoms with Crippen molar-refractivity contribution in [1.29, 1.82) is 0 Å². The van der Waals surface area contributed by atoms with E-state index in [0.717, 1.165) is 45.0 Å². The van der Waals surface area contributed by atoms with Crippen LogP contribution in [0.25, 0.3) is 0 Å². The highest BCUT2D eigenvalue weighted by Gasteiger charge is 2.40. The lowest BCUT2D eigenvalue weighted by Gasteiger charge is -2.37. The van der Waals surface area contributed by atoms with E-state index < -0.39 is 0 Å². The molecule has 0 bridgehead atoms. The van der Waals surface area contributed by atoms with Crippen LogP contribution >= 0.6 is 11.3 Å². The van der Waals surface area contributed by atoms with Gasteiger partial charge in [-0.1, -0.05) is 30.3 Å². The number of aryl methyl sites for hydroxylation is 1. The Bertz CT molecular complexity index is 645. The van der Waals surface area contributed by atoms with Crippen molar-refractivity contribution in [3.05, 3.63) is 52.0 Å². The van der Waals surface area contributed by atoms with Crippen molar-refractivity contribution in [1.82, 2.24) is 14.8 Å². The summed E-state index contributed by atoms with van der Waals surface area (Å²) in [4.78, 5) is 9.69. The number of ether oxygens (including phenoxy) is 1. The van der Waals surface area contributed by atoms with Gasteiger partial charge in [-0.05, 0) is 12.5 Å². The van der Waals surface area contributed by atoms with Gasteiger partial charge >= 0.3 is 0 Å². The summed E-state index contributed by atoms with van der Waals surface area (Å²) in [6, 6.07) is 11.3. The standard InChI is InChI=1S/C18H23N3OS/c1-14-13-23-18(19-14)12-20-10-16-17(11-20)22-8-7-21(16)9-15-5-3-2-4-6-15/h2-6,13,16-17H,7-12H2,1H3/t16-,17+/m1/s1. The molecule has 2 aliphatic rings. The van der Waals surface area contributed by atoms with Gasteiger partial charge in [-0.3, -0.25) is 9.80 Å². The molecule has 1 aromatic carbocycles. The van der Waals surface area contributed by atoms with Crippen molar-refractivity contribution >= 4 is 11.3 Å². The van der Waals surface area contributed by atoms with E-state index in [1.807, 2.05) is 0 Å². The molecule has 0 radical (unpaired) electrons. The predicted octanol–water partition coefficient (Wildman–Crippen LogP) is 2.54. The maximum Gasteiger partial charge on any atom is 0.107 e. The topological polar surface area (TPSA) is 28.6 Å². The van der Waals surface area contributed by atoms with E-state index in [2.05, 4.69) is 57.4 Å². The van der Waals surface area contributed by atoms with Crippen molar-refractivity contribution < 1.29 is 4.74 Å². The second-order valence-corrected chi connectivity index (χ2v) is 7.45. The molecule has 0 amide bonds. The molecule has 4 rings (SSSR count). The van der Waals surface area contributed by atoms with E-state index in [0.29, 0.717) is 12.1 Å². The maximum atomic E-state index is 6.04. The third kappa shape index (κ3) is 3.48. The molecule has 122 valence electrons. The number of morpholine rings is 1. The van der Waals surface area contributed by atoms with Crippen molar-refractivity contribution in [3.8, 4) is 0 Å². The van der Waals surface area contributed by atoms with Crippen LogP contribution in [0, 0.1) is 6.92 Å². The predicted molar refractivity (Wildman–Crippen MR) is 92.5 cm³/mol. The molecular formula is C18H23N3OS. The van der Waals surface area contributed by atoms with E-state index in [-0.39, 0.29) is 0 Å². The number of likely N-dealkylation sites (tertiary alicyclic amines) is 1. The van der Waals surface area contributed by atoms with Gasteiger partial charge in [0.05, 0.1) is 25.3 Å². The summed E-state index contributed by atoms with van der Waals surface area (Å²) in [5, 5.41) is 3.35. The van der Waals surface area contributed by atoms with Crippen LogP contribution in [0.3, 0.4) is 0 Å². The third-order valence-electron chi connectivity index (χ3n) is 4.75. The molecule has 23 heavy (non-hydrogen) atoms. The smallest absolute Gasteiger partial charge is 0.107 e. The average molecular weight is 329 g/mol. The number of nitrogens with zero attached hydrogens (tertiary/aromatic N) is 3. The molecule has 0 saturated carbocycles. The van der Waals surface area contributed by atoms with Crippen molar-refractivity contribution in [3.63, 3.8) is 0 Å². The van der Waals surface area contributed by atoms with Crippen LogP contribution in [0.1, 0.15) is 16.3 Å². The lowest BCUT2D eigenvalue weighted by atomic mass is 10.1. The molecule has 3 heterocycles. The van der Waals surface area contributed by atoms with Gasteiger partial charge < -0.3 is 4.74 Å². The van der Waals surface area contributed by atoms with Gasteiger partial charge in [-0.25, -0.2) is 4.98 Å². The Balaban J connectivity index is 1.42. The first kappa shape index (κ1) is 15.3. The van der Waals surface area contributed by atoms with Crippen molar-refractivity contribution in [2.24, 2.45) is 0 Å². The fourth-order valence-electron chi connectivity index (χ4n) is 3.64. The summed E-state index contributed by atoms with van der Waals surface area (Å²) < 4.78 is 6.04. The molecule has 2 atom stereocenters. The fraction of sp³-hybridized carbons (Fsp3) is 0.500. The van der Waals surface area contributed by atoms with Gasteiger partial charge in [-0.15, -0.1) is 11.3 Å². The van der Waals surface area contributed by atoms with Gasteiger partial charge in [0.2, 0.25) is 0 Å². The summed E-state index contributed by atoms with van der Waals surface area (Å²) in [6.07, 6.45) is 0.341. The quantitative estimate of drug-likeness (QED) is 0.862. The van der Waals surface area contributed by atoms with Crippen LogP contribution in [0.4, 0.5) is 0 Å². The zero-order valence-electron chi connectivity index (χ0n) is 13.5. The second-order valence-electron chi connectivity index (χ2n) is 6.51. The largest absolute Gasteiger partial charge is 0.374 e. The zero-order chi connectivity index (χ0) is 15.6. The molecule has 0 aliphatic carbocycles. The van der Waals surface area contributed by atoms with Crippen LogP contribution in [-0.2, 0) is 17.8 Å². The normalized spacial score (nSPS) is 25.6. The van der Waals surface area contributed by atoms with Crippen LogP contribution in [0.2, 0.25) is 0 Å². The summed E-state index contributed by atoms with van der Waals surface area (Å²) in [7, 11) is 0. The second kappa shape index (κ2) is 6.69. The molecule has 2 saturated heterocycles. The molecule has 2 aliphatic heterocycles. The van der Waals surface area contributed by atoms with Crippen molar-refractivity contribution in [2.75, 3.05) is 26.2 Å². The Morgan fingerprint density at radius 1 is 1.22 bits per heavy atom. The monoisotopic (exact) mass is 329 g/mol. The summed E-state index contributed by atoms with van der Waals surface area (Å²) in [5.41, 5.74) is 2.52. The lowest BCUT2D eigenvalue weighted by molar-refractivity contribution is -0.0504. The van der Waals surface area contributed by atoms with Crippen LogP contribution < -0.4 is 0 Å². The lowest BCUT2D eigenvalue weighted by Crippen LogP contribution is -2.50. The number of rotatable bonds is 4. The summed E-state index contributed by atoms with van der Waals surface area (Å²) >= 11 is 1.77. The highest BCUT2D eigenvalue weighted by atomic mass is 32.1. The highest BCUT2D eigenvalue weighted by molar-refractivity contribution is 7.09. The van der Waals surface area contributed by atoms with E-state index >= 15 is 0 Å². The highest BCUT2D eigenvalue weighted by Crippen LogP contribution is 2.26. The first-order valence-electron chi connectivity index (χ1n) is 8.31.